The summed E-state index contributed by atoms with van der Waals surface area (Å²) < 4.78 is 25.9. The van der Waals surface area contributed by atoms with E-state index in [1.165, 1.54) is 4.31 Å². The van der Waals surface area contributed by atoms with Crippen LogP contribution in [0.15, 0.2) is 77.9 Å². The molecule has 31 heavy (non-hydrogen) atoms. The van der Waals surface area contributed by atoms with Gasteiger partial charge >= 0.3 is 0 Å². The zero-order valence-corrected chi connectivity index (χ0v) is 18.8. The summed E-state index contributed by atoms with van der Waals surface area (Å²) in [5, 5.41) is 4.35. The maximum Gasteiger partial charge on any atom is 0.271 e. The summed E-state index contributed by atoms with van der Waals surface area (Å²) in [4.78, 5) is 12.3. The van der Waals surface area contributed by atoms with E-state index in [1.807, 2.05) is 30.3 Å². The number of halogens is 2. The number of hydrazone groups is 1. The molecule has 9 heteroatoms. The predicted octanol–water partition coefficient (Wildman–Crippen LogP) is 4.72. The van der Waals surface area contributed by atoms with Crippen LogP contribution >= 0.6 is 23.2 Å². The van der Waals surface area contributed by atoms with Crippen molar-refractivity contribution >= 4 is 51.0 Å². The molecule has 0 aliphatic carbocycles. The van der Waals surface area contributed by atoms with Crippen LogP contribution in [0.25, 0.3) is 0 Å². The first-order valence-electron chi connectivity index (χ1n) is 9.15. The molecule has 0 unspecified atom stereocenters. The first kappa shape index (κ1) is 22.8. The number of nitrogens with zero attached hydrogens (tertiary/aromatic N) is 2. The molecular formula is C22H19Cl2N3O3S. The Balaban J connectivity index is 1.73. The predicted molar refractivity (Wildman–Crippen MR) is 125 cm³/mol. The van der Waals surface area contributed by atoms with E-state index in [0.717, 1.165) is 11.8 Å². The van der Waals surface area contributed by atoms with Crippen LogP contribution in [0, 0.1) is 0 Å². The summed E-state index contributed by atoms with van der Waals surface area (Å²) in [5.74, 6) is -0.378. The second kappa shape index (κ2) is 9.96. The molecule has 6 nitrogen and oxygen atoms in total. The van der Waals surface area contributed by atoms with Gasteiger partial charge in [-0.05, 0) is 35.4 Å². The number of nitrogens with one attached hydrogen (secondary N) is 1. The van der Waals surface area contributed by atoms with Crippen LogP contribution < -0.4 is 9.73 Å². The summed E-state index contributed by atoms with van der Waals surface area (Å²) >= 11 is 12.3. The molecule has 0 saturated carbocycles. The Hall–Kier alpha value is -2.87. The number of benzene rings is 3. The lowest BCUT2D eigenvalue weighted by Crippen LogP contribution is -2.29. The van der Waals surface area contributed by atoms with Crippen LogP contribution in [0.3, 0.4) is 0 Å². The van der Waals surface area contributed by atoms with E-state index in [-0.39, 0.29) is 28.2 Å². The summed E-state index contributed by atoms with van der Waals surface area (Å²) in [6.07, 6.45) is 2.64. The number of carbonyl (C=O) groups is 1. The number of hydrogen-bond acceptors (Lipinski definition) is 4. The molecule has 0 aliphatic heterocycles. The first-order valence-corrected chi connectivity index (χ1v) is 11.8. The quantitative estimate of drug-likeness (QED) is 0.396. The minimum absolute atomic E-state index is 0.0347. The van der Waals surface area contributed by atoms with Gasteiger partial charge in [0.05, 0.1) is 34.7 Å². The smallest absolute Gasteiger partial charge is 0.267 e. The third-order valence-corrected chi connectivity index (χ3v) is 6.26. The largest absolute Gasteiger partial charge is 0.271 e. The highest BCUT2D eigenvalue weighted by atomic mass is 35.5. The van der Waals surface area contributed by atoms with Gasteiger partial charge in [-0.3, -0.25) is 9.10 Å². The van der Waals surface area contributed by atoms with E-state index in [4.69, 9.17) is 23.2 Å². The van der Waals surface area contributed by atoms with E-state index in [1.54, 1.807) is 48.7 Å². The minimum Gasteiger partial charge on any atom is -0.267 e. The first-order chi connectivity index (χ1) is 14.8. The maximum absolute atomic E-state index is 12.4. The molecule has 3 aromatic carbocycles. The third kappa shape index (κ3) is 6.07. The topological polar surface area (TPSA) is 78.8 Å². The van der Waals surface area contributed by atoms with Crippen molar-refractivity contribution in [2.75, 3.05) is 10.6 Å². The van der Waals surface area contributed by atoms with Crippen molar-refractivity contribution in [1.82, 2.24) is 5.43 Å². The normalized spacial score (nSPS) is 11.5. The molecule has 0 radical (unpaired) electrons. The Morgan fingerprint density at radius 3 is 2.32 bits per heavy atom. The van der Waals surface area contributed by atoms with Crippen LogP contribution in [0.1, 0.15) is 21.5 Å². The Morgan fingerprint density at radius 2 is 1.68 bits per heavy atom. The SMILES string of the molecule is CS(=O)(=O)N(Cc1ccc(C(=O)N/N=C\c2ccccc2)cc1)c1cccc(Cl)c1Cl. The van der Waals surface area contributed by atoms with Gasteiger partial charge < -0.3 is 0 Å². The van der Waals surface area contributed by atoms with Gasteiger partial charge in [0, 0.05) is 5.56 Å². The lowest BCUT2D eigenvalue weighted by Gasteiger charge is -2.24. The van der Waals surface area contributed by atoms with Crippen LogP contribution in [0.2, 0.25) is 10.0 Å². The fraction of sp³-hybridized carbons (Fsp3) is 0.0909. The molecule has 3 aromatic rings. The van der Waals surface area contributed by atoms with Crippen LogP contribution in [0.4, 0.5) is 5.69 Å². The second-order valence-corrected chi connectivity index (χ2v) is 9.34. The highest BCUT2D eigenvalue weighted by Crippen LogP contribution is 2.34. The number of sulfonamides is 1. The molecule has 160 valence electrons. The molecule has 0 atom stereocenters. The molecule has 0 heterocycles. The van der Waals surface area contributed by atoms with Crippen molar-refractivity contribution in [3.05, 3.63) is 99.5 Å². The maximum atomic E-state index is 12.4. The monoisotopic (exact) mass is 475 g/mol. The van der Waals surface area contributed by atoms with Crippen molar-refractivity contribution < 1.29 is 13.2 Å². The van der Waals surface area contributed by atoms with Gasteiger partial charge in [0.25, 0.3) is 5.91 Å². The van der Waals surface area contributed by atoms with Gasteiger partial charge in [-0.25, -0.2) is 13.8 Å². The second-order valence-electron chi connectivity index (χ2n) is 6.65. The molecule has 0 aliphatic rings. The van der Waals surface area contributed by atoms with Gasteiger partial charge in [-0.2, -0.15) is 5.10 Å². The number of anilines is 1. The zero-order chi connectivity index (χ0) is 22.4. The van der Waals surface area contributed by atoms with Gasteiger partial charge in [0.2, 0.25) is 10.0 Å². The van der Waals surface area contributed by atoms with Crippen LogP contribution in [0.5, 0.6) is 0 Å². The fourth-order valence-corrected chi connectivity index (χ4v) is 4.10. The Morgan fingerprint density at radius 1 is 1.00 bits per heavy atom. The average Bonchev–Trinajstić information content (AvgIpc) is 2.74. The van der Waals surface area contributed by atoms with Crippen molar-refractivity contribution in [1.29, 1.82) is 0 Å². The zero-order valence-electron chi connectivity index (χ0n) is 16.5. The van der Waals surface area contributed by atoms with E-state index < -0.39 is 10.0 Å². The van der Waals surface area contributed by atoms with E-state index in [9.17, 15) is 13.2 Å². The molecule has 1 N–H and O–H groups in total. The van der Waals surface area contributed by atoms with Gasteiger partial charge in [0.15, 0.2) is 0 Å². The lowest BCUT2D eigenvalue weighted by molar-refractivity contribution is 0.0955. The summed E-state index contributed by atoms with van der Waals surface area (Å²) in [6.45, 7) is 0.0347. The molecule has 0 spiro atoms. The number of hydrogen-bond donors (Lipinski definition) is 1. The molecule has 3 rings (SSSR count). The molecule has 0 aromatic heterocycles. The van der Waals surface area contributed by atoms with Crippen molar-refractivity contribution in [2.45, 2.75) is 6.54 Å². The Kier molecular flexibility index (Phi) is 7.33. The van der Waals surface area contributed by atoms with Crippen LogP contribution in [-0.4, -0.2) is 26.8 Å². The van der Waals surface area contributed by atoms with Crippen molar-refractivity contribution in [2.24, 2.45) is 5.10 Å². The van der Waals surface area contributed by atoms with E-state index in [0.29, 0.717) is 11.1 Å². The van der Waals surface area contributed by atoms with Gasteiger partial charge in [-0.15, -0.1) is 0 Å². The fourth-order valence-electron chi connectivity index (χ4n) is 2.76. The van der Waals surface area contributed by atoms with E-state index in [2.05, 4.69) is 10.5 Å². The summed E-state index contributed by atoms with van der Waals surface area (Å²) in [6, 6.07) is 20.7. The Labute approximate surface area is 191 Å². The molecule has 0 bridgehead atoms. The number of amides is 1. The Bertz CT molecular complexity index is 1200. The average molecular weight is 476 g/mol. The molecule has 0 fully saturated rings. The van der Waals surface area contributed by atoms with Gasteiger partial charge in [-0.1, -0.05) is 71.7 Å². The molecular weight excluding hydrogens is 457 g/mol. The van der Waals surface area contributed by atoms with Crippen LogP contribution in [-0.2, 0) is 16.6 Å². The van der Waals surface area contributed by atoms with Gasteiger partial charge in [0.1, 0.15) is 0 Å². The molecule has 1 amide bonds. The highest BCUT2D eigenvalue weighted by Gasteiger charge is 2.21. The van der Waals surface area contributed by atoms with Crippen molar-refractivity contribution in [3.63, 3.8) is 0 Å². The third-order valence-electron chi connectivity index (χ3n) is 4.32. The summed E-state index contributed by atoms with van der Waals surface area (Å²) in [7, 11) is -3.63. The van der Waals surface area contributed by atoms with Crippen molar-refractivity contribution in [3.8, 4) is 0 Å². The number of carbonyl (C=O) groups excluding carboxylic acids is 1. The minimum atomic E-state index is -3.63. The standard InChI is InChI=1S/C22H19Cl2N3O3S/c1-31(29,30)27(20-9-5-8-19(23)21(20)24)15-17-10-12-18(13-11-17)22(28)26-25-14-16-6-3-2-4-7-16/h2-14H,15H2,1H3,(H,26,28)/b25-14-. The van der Waals surface area contributed by atoms with E-state index >= 15 is 0 Å². The highest BCUT2D eigenvalue weighted by molar-refractivity contribution is 7.92. The lowest BCUT2D eigenvalue weighted by atomic mass is 10.1. The number of rotatable bonds is 7. The summed E-state index contributed by atoms with van der Waals surface area (Å²) in [5.41, 5.74) is 4.67. The molecule has 0 saturated heterocycles.